The Bertz CT molecular complexity index is 1000. The summed E-state index contributed by atoms with van der Waals surface area (Å²) in [5, 5.41) is 2.95. The van der Waals surface area contributed by atoms with Gasteiger partial charge in [-0.2, -0.15) is 4.31 Å². The van der Waals surface area contributed by atoms with Crippen LogP contribution in [0.2, 0.25) is 0 Å². The first-order valence-electron chi connectivity index (χ1n) is 11.5. The summed E-state index contributed by atoms with van der Waals surface area (Å²) in [4.78, 5) is 13.1. The predicted octanol–water partition coefficient (Wildman–Crippen LogP) is 4.29. The maximum atomic E-state index is 13.6. The lowest BCUT2D eigenvalue weighted by atomic mass is 9.95. The van der Waals surface area contributed by atoms with Gasteiger partial charge in [-0.3, -0.25) is 4.79 Å². The summed E-state index contributed by atoms with van der Waals surface area (Å²) in [7, 11) is -2.23. The molecule has 0 bridgehead atoms. The van der Waals surface area contributed by atoms with Crippen molar-refractivity contribution in [1.82, 2.24) is 9.62 Å². The van der Waals surface area contributed by atoms with E-state index in [0.29, 0.717) is 12.4 Å². The Balaban J connectivity index is 1.77. The van der Waals surface area contributed by atoms with Gasteiger partial charge in [-0.15, -0.1) is 0 Å². The molecule has 1 amide bonds. The van der Waals surface area contributed by atoms with E-state index in [2.05, 4.69) is 5.32 Å². The van der Waals surface area contributed by atoms with Crippen LogP contribution in [0, 0.1) is 0 Å². The van der Waals surface area contributed by atoms with Gasteiger partial charge in [0.25, 0.3) is 0 Å². The Hall–Kier alpha value is -2.58. The van der Waals surface area contributed by atoms with Crippen LogP contribution < -0.4 is 14.8 Å². The summed E-state index contributed by atoms with van der Waals surface area (Å²) >= 11 is 0. The highest BCUT2D eigenvalue weighted by molar-refractivity contribution is 7.89. The topological polar surface area (TPSA) is 84.9 Å². The number of benzene rings is 2. The summed E-state index contributed by atoms with van der Waals surface area (Å²) < 4.78 is 39.1. The lowest BCUT2D eigenvalue weighted by molar-refractivity contribution is -0.122. The molecule has 0 saturated heterocycles. The average molecular weight is 475 g/mol. The summed E-state index contributed by atoms with van der Waals surface area (Å²) in [6.45, 7) is 4.06. The Kier molecular flexibility index (Phi) is 8.74. The standard InChI is InChI=1S/C25H34N2O5S/c1-4-32-23-14-16-24(17-15-23)33(29,30)27(21-8-6-5-7-9-21)18-25(28)26-19(2)20-10-12-22(31-3)13-11-20/h10-17,19,21H,4-9,18H2,1-3H3,(H,26,28). The number of carbonyl (C=O) groups is 1. The van der Waals surface area contributed by atoms with Gasteiger partial charge in [0.05, 0.1) is 31.2 Å². The van der Waals surface area contributed by atoms with E-state index >= 15 is 0 Å². The molecule has 0 spiro atoms. The van der Waals surface area contributed by atoms with Gasteiger partial charge in [0, 0.05) is 6.04 Å². The number of ether oxygens (including phenoxy) is 2. The van der Waals surface area contributed by atoms with Gasteiger partial charge in [0.2, 0.25) is 15.9 Å². The van der Waals surface area contributed by atoms with Crippen molar-refractivity contribution in [3.05, 3.63) is 54.1 Å². The molecule has 0 heterocycles. The van der Waals surface area contributed by atoms with E-state index in [1.807, 2.05) is 38.1 Å². The molecule has 1 unspecified atom stereocenters. The number of carbonyl (C=O) groups excluding carboxylic acids is 1. The lowest BCUT2D eigenvalue weighted by Gasteiger charge is -2.33. The summed E-state index contributed by atoms with van der Waals surface area (Å²) in [6, 6.07) is 13.4. The summed E-state index contributed by atoms with van der Waals surface area (Å²) in [6.07, 6.45) is 4.54. The molecule has 2 aromatic rings. The Labute approximate surface area is 197 Å². The Morgan fingerprint density at radius 2 is 1.64 bits per heavy atom. The smallest absolute Gasteiger partial charge is 0.243 e. The molecule has 1 fully saturated rings. The highest BCUT2D eigenvalue weighted by Gasteiger charge is 2.34. The first-order chi connectivity index (χ1) is 15.8. The Morgan fingerprint density at radius 1 is 1.03 bits per heavy atom. The number of amides is 1. The van der Waals surface area contributed by atoms with Gasteiger partial charge in [-0.25, -0.2) is 8.42 Å². The van der Waals surface area contributed by atoms with Crippen LogP contribution in [0.1, 0.15) is 57.6 Å². The maximum Gasteiger partial charge on any atom is 0.243 e. The van der Waals surface area contributed by atoms with Crippen LogP contribution >= 0.6 is 0 Å². The third-order valence-electron chi connectivity index (χ3n) is 6.02. The van der Waals surface area contributed by atoms with Gasteiger partial charge in [0.1, 0.15) is 11.5 Å². The molecular weight excluding hydrogens is 440 g/mol. The Morgan fingerprint density at radius 3 is 2.21 bits per heavy atom. The molecule has 180 valence electrons. The number of hydrogen-bond acceptors (Lipinski definition) is 5. The van der Waals surface area contributed by atoms with Gasteiger partial charge in [0.15, 0.2) is 0 Å². The van der Waals surface area contributed by atoms with Crippen molar-refractivity contribution < 1.29 is 22.7 Å². The van der Waals surface area contributed by atoms with Gasteiger partial charge < -0.3 is 14.8 Å². The van der Waals surface area contributed by atoms with E-state index in [0.717, 1.165) is 43.4 Å². The van der Waals surface area contributed by atoms with Crippen molar-refractivity contribution in [2.75, 3.05) is 20.3 Å². The van der Waals surface area contributed by atoms with E-state index in [9.17, 15) is 13.2 Å². The fourth-order valence-corrected chi connectivity index (χ4v) is 5.84. The molecule has 2 aromatic carbocycles. The SMILES string of the molecule is CCOc1ccc(S(=O)(=O)N(CC(=O)NC(C)c2ccc(OC)cc2)C2CCCCC2)cc1. The third kappa shape index (κ3) is 6.48. The minimum atomic E-state index is -3.84. The zero-order valence-electron chi connectivity index (χ0n) is 19.6. The van der Waals surface area contributed by atoms with Crippen LogP contribution in [0.25, 0.3) is 0 Å². The van der Waals surface area contributed by atoms with Crippen molar-refractivity contribution >= 4 is 15.9 Å². The van der Waals surface area contributed by atoms with E-state index < -0.39 is 10.0 Å². The monoisotopic (exact) mass is 474 g/mol. The fraction of sp³-hybridized carbons (Fsp3) is 0.480. The molecule has 1 aliphatic rings. The van der Waals surface area contributed by atoms with Crippen molar-refractivity contribution in [1.29, 1.82) is 0 Å². The average Bonchev–Trinajstić information content (AvgIpc) is 2.83. The maximum absolute atomic E-state index is 13.6. The largest absolute Gasteiger partial charge is 0.497 e. The van der Waals surface area contributed by atoms with Crippen molar-refractivity contribution in [3.8, 4) is 11.5 Å². The molecule has 33 heavy (non-hydrogen) atoms. The molecule has 0 aromatic heterocycles. The van der Waals surface area contributed by atoms with Gasteiger partial charge >= 0.3 is 0 Å². The second-order valence-electron chi connectivity index (χ2n) is 8.31. The second-order valence-corrected chi connectivity index (χ2v) is 10.2. The minimum absolute atomic E-state index is 0.174. The van der Waals surface area contributed by atoms with Crippen molar-refractivity contribution in [3.63, 3.8) is 0 Å². The molecule has 0 aliphatic heterocycles. The number of sulfonamides is 1. The van der Waals surface area contributed by atoms with Crippen molar-refractivity contribution in [2.45, 2.75) is 62.9 Å². The number of rotatable bonds is 10. The van der Waals surface area contributed by atoms with Gasteiger partial charge in [-0.1, -0.05) is 31.4 Å². The van der Waals surface area contributed by atoms with Crippen LogP contribution in [0.4, 0.5) is 0 Å². The van der Waals surface area contributed by atoms with Gasteiger partial charge in [-0.05, 0) is 68.7 Å². The van der Waals surface area contributed by atoms with E-state index in [1.54, 1.807) is 31.4 Å². The predicted molar refractivity (Wildman–Crippen MR) is 128 cm³/mol. The van der Waals surface area contributed by atoms with E-state index in [-0.39, 0.29) is 29.4 Å². The van der Waals surface area contributed by atoms with E-state index in [1.165, 1.54) is 4.31 Å². The zero-order chi connectivity index (χ0) is 23.8. The molecule has 1 saturated carbocycles. The zero-order valence-corrected chi connectivity index (χ0v) is 20.4. The quantitative estimate of drug-likeness (QED) is 0.555. The molecule has 1 aliphatic carbocycles. The molecule has 1 atom stereocenters. The van der Waals surface area contributed by atoms with Crippen LogP contribution in [0.3, 0.4) is 0 Å². The first-order valence-corrected chi connectivity index (χ1v) is 13.0. The fourth-order valence-electron chi connectivity index (χ4n) is 4.19. The molecule has 3 rings (SSSR count). The normalized spacial score (nSPS) is 15.8. The third-order valence-corrected chi connectivity index (χ3v) is 7.93. The number of nitrogens with one attached hydrogen (secondary N) is 1. The number of hydrogen-bond donors (Lipinski definition) is 1. The molecule has 7 nitrogen and oxygen atoms in total. The van der Waals surface area contributed by atoms with Crippen LogP contribution in [0.5, 0.6) is 11.5 Å². The van der Waals surface area contributed by atoms with Crippen molar-refractivity contribution in [2.24, 2.45) is 0 Å². The summed E-state index contributed by atoms with van der Waals surface area (Å²) in [5.41, 5.74) is 0.919. The van der Waals surface area contributed by atoms with Crippen LogP contribution in [-0.2, 0) is 14.8 Å². The number of nitrogens with zero attached hydrogens (tertiary/aromatic N) is 1. The van der Waals surface area contributed by atoms with Crippen LogP contribution in [0.15, 0.2) is 53.4 Å². The molecule has 1 N–H and O–H groups in total. The van der Waals surface area contributed by atoms with Crippen LogP contribution in [-0.4, -0.2) is 44.9 Å². The molecule has 0 radical (unpaired) electrons. The van der Waals surface area contributed by atoms with E-state index in [4.69, 9.17) is 9.47 Å². The second kappa shape index (κ2) is 11.5. The molecular formula is C25H34N2O5S. The molecule has 8 heteroatoms. The number of methoxy groups -OCH3 is 1. The first kappa shape index (κ1) is 25.1. The highest BCUT2D eigenvalue weighted by Crippen LogP contribution is 2.29. The lowest BCUT2D eigenvalue weighted by Crippen LogP contribution is -2.47. The highest BCUT2D eigenvalue weighted by atomic mass is 32.2. The summed E-state index contributed by atoms with van der Waals surface area (Å²) in [5.74, 6) is 1.03. The minimum Gasteiger partial charge on any atom is -0.497 e.